The van der Waals surface area contributed by atoms with Gasteiger partial charge in [-0.15, -0.1) is 0 Å². The Balaban J connectivity index is 1.45. The van der Waals surface area contributed by atoms with Crippen LogP contribution in [0.15, 0.2) is 0 Å². The quantitative estimate of drug-likeness (QED) is 0.729. The minimum atomic E-state index is 1.03. The first-order valence-electron chi connectivity index (χ1n) is 8.38. The van der Waals surface area contributed by atoms with Crippen LogP contribution in [-0.4, -0.2) is 37.6 Å². The smallest absolute Gasteiger partial charge is 0.0107 e. The lowest BCUT2D eigenvalue weighted by atomic mass is 9.87. The highest BCUT2D eigenvalue weighted by Gasteiger charge is 2.12. The monoisotopic (exact) mass is 252 g/mol. The molecule has 1 saturated heterocycles. The molecule has 2 fully saturated rings. The number of likely N-dealkylation sites (tertiary alicyclic amines) is 1. The molecule has 18 heavy (non-hydrogen) atoms. The van der Waals surface area contributed by atoms with Crippen molar-refractivity contribution in [3.05, 3.63) is 0 Å². The summed E-state index contributed by atoms with van der Waals surface area (Å²) in [7, 11) is 0. The van der Waals surface area contributed by atoms with Gasteiger partial charge in [0.15, 0.2) is 0 Å². The average molecular weight is 252 g/mol. The van der Waals surface area contributed by atoms with E-state index in [2.05, 4.69) is 10.2 Å². The first-order chi connectivity index (χ1) is 8.95. The van der Waals surface area contributed by atoms with Crippen molar-refractivity contribution in [2.24, 2.45) is 5.92 Å². The molecule has 2 nitrogen and oxygen atoms in total. The summed E-state index contributed by atoms with van der Waals surface area (Å²) < 4.78 is 0. The molecule has 1 aliphatic carbocycles. The number of nitrogens with one attached hydrogen (secondary N) is 1. The second-order valence-electron chi connectivity index (χ2n) is 6.30. The van der Waals surface area contributed by atoms with E-state index < -0.39 is 0 Å². The Hall–Kier alpha value is -0.0800. The number of nitrogens with zero attached hydrogens (tertiary/aromatic N) is 1. The van der Waals surface area contributed by atoms with Crippen molar-refractivity contribution in [3.8, 4) is 0 Å². The lowest BCUT2D eigenvalue weighted by Gasteiger charge is -2.22. The summed E-state index contributed by atoms with van der Waals surface area (Å²) in [5, 5.41) is 3.66. The highest BCUT2D eigenvalue weighted by atomic mass is 15.1. The molecule has 1 aliphatic heterocycles. The van der Waals surface area contributed by atoms with Crippen molar-refractivity contribution in [2.45, 2.75) is 64.2 Å². The highest BCUT2D eigenvalue weighted by molar-refractivity contribution is 4.68. The van der Waals surface area contributed by atoms with Crippen LogP contribution >= 0.6 is 0 Å². The maximum Gasteiger partial charge on any atom is 0.0107 e. The van der Waals surface area contributed by atoms with Gasteiger partial charge in [-0.25, -0.2) is 0 Å². The second-order valence-corrected chi connectivity index (χ2v) is 6.30. The summed E-state index contributed by atoms with van der Waals surface area (Å²) in [6.07, 6.45) is 14.6. The first-order valence-corrected chi connectivity index (χ1v) is 8.38. The van der Waals surface area contributed by atoms with E-state index in [9.17, 15) is 0 Å². The van der Waals surface area contributed by atoms with Crippen molar-refractivity contribution >= 4 is 0 Å². The van der Waals surface area contributed by atoms with Crippen LogP contribution in [0.25, 0.3) is 0 Å². The molecule has 0 radical (unpaired) electrons. The molecule has 1 heterocycles. The zero-order valence-corrected chi connectivity index (χ0v) is 12.1. The maximum atomic E-state index is 3.66. The summed E-state index contributed by atoms with van der Waals surface area (Å²) in [5.74, 6) is 1.03. The molecule has 1 saturated carbocycles. The van der Waals surface area contributed by atoms with E-state index in [0.717, 1.165) is 5.92 Å². The van der Waals surface area contributed by atoms with Crippen molar-refractivity contribution in [2.75, 3.05) is 32.7 Å². The van der Waals surface area contributed by atoms with Gasteiger partial charge in [0.05, 0.1) is 0 Å². The average Bonchev–Trinajstić information content (AvgIpc) is 2.68. The Morgan fingerprint density at radius 2 is 1.44 bits per heavy atom. The van der Waals surface area contributed by atoms with Gasteiger partial charge in [0.1, 0.15) is 0 Å². The zero-order chi connectivity index (χ0) is 12.5. The van der Waals surface area contributed by atoms with Crippen molar-refractivity contribution in [1.82, 2.24) is 10.2 Å². The number of hydrogen-bond acceptors (Lipinski definition) is 2. The van der Waals surface area contributed by atoms with Crippen LogP contribution < -0.4 is 5.32 Å². The molecule has 2 heteroatoms. The Bertz CT molecular complexity index is 191. The van der Waals surface area contributed by atoms with Crippen LogP contribution in [0.3, 0.4) is 0 Å². The molecule has 1 N–H and O–H groups in total. The Morgan fingerprint density at radius 3 is 2.17 bits per heavy atom. The third-order valence-electron chi connectivity index (χ3n) is 4.76. The predicted molar refractivity (Wildman–Crippen MR) is 79.0 cm³/mol. The van der Waals surface area contributed by atoms with Gasteiger partial charge >= 0.3 is 0 Å². The summed E-state index contributed by atoms with van der Waals surface area (Å²) in [6, 6.07) is 0. The van der Waals surface area contributed by atoms with Crippen LogP contribution in [0, 0.1) is 5.92 Å². The largest absolute Gasteiger partial charge is 0.315 e. The summed E-state index contributed by atoms with van der Waals surface area (Å²) >= 11 is 0. The Morgan fingerprint density at radius 1 is 0.778 bits per heavy atom. The fourth-order valence-corrected chi connectivity index (χ4v) is 3.50. The fraction of sp³-hybridized carbons (Fsp3) is 1.00. The van der Waals surface area contributed by atoms with Crippen LogP contribution in [0.2, 0.25) is 0 Å². The van der Waals surface area contributed by atoms with Gasteiger partial charge in [0, 0.05) is 13.1 Å². The van der Waals surface area contributed by atoms with E-state index in [0.29, 0.717) is 0 Å². The van der Waals surface area contributed by atoms with E-state index >= 15 is 0 Å². The first kappa shape index (κ1) is 14.3. The third-order valence-corrected chi connectivity index (χ3v) is 4.76. The SMILES string of the molecule is C1CCC(CCNCCN2CCCCCC2)CC1. The highest BCUT2D eigenvalue weighted by Crippen LogP contribution is 2.25. The maximum absolute atomic E-state index is 3.66. The summed E-state index contributed by atoms with van der Waals surface area (Å²) in [6.45, 7) is 6.39. The normalized spacial score (nSPS) is 24.0. The molecule has 0 spiro atoms. The van der Waals surface area contributed by atoms with Gasteiger partial charge in [-0.3, -0.25) is 0 Å². The summed E-state index contributed by atoms with van der Waals surface area (Å²) in [5.41, 5.74) is 0. The van der Waals surface area contributed by atoms with Crippen LogP contribution in [0.1, 0.15) is 64.2 Å². The molecule has 2 aliphatic rings. The fourth-order valence-electron chi connectivity index (χ4n) is 3.50. The van der Waals surface area contributed by atoms with Crippen LogP contribution in [0.5, 0.6) is 0 Å². The van der Waals surface area contributed by atoms with Gasteiger partial charge in [0.25, 0.3) is 0 Å². The minimum Gasteiger partial charge on any atom is -0.315 e. The Kier molecular flexibility index (Phi) is 7.11. The molecule has 0 atom stereocenters. The molecule has 106 valence electrons. The van der Waals surface area contributed by atoms with E-state index in [1.54, 1.807) is 0 Å². The van der Waals surface area contributed by atoms with E-state index in [4.69, 9.17) is 0 Å². The van der Waals surface area contributed by atoms with Crippen molar-refractivity contribution in [3.63, 3.8) is 0 Å². The molecule has 0 bridgehead atoms. The van der Waals surface area contributed by atoms with Gasteiger partial charge in [-0.1, -0.05) is 44.9 Å². The molecular weight excluding hydrogens is 220 g/mol. The summed E-state index contributed by atoms with van der Waals surface area (Å²) in [4.78, 5) is 2.65. The minimum absolute atomic E-state index is 1.03. The number of rotatable bonds is 6. The molecule has 0 aromatic rings. The lowest BCUT2D eigenvalue weighted by molar-refractivity contribution is 0.279. The van der Waals surface area contributed by atoms with Crippen LogP contribution in [-0.2, 0) is 0 Å². The van der Waals surface area contributed by atoms with Gasteiger partial charge < -0.3 is 10.2 Å². The van der Waals surface area contributed by atoms with Gasteiger partial charge in [-0.05, 0) is 44.8 Å². The van der Waals surface area contributed by atoms with Gasteiger partial charge in [0.2, 0.25) is 0 Å². The topological polar surface area (TPSA) is 15.3 Å². The molecule has 0 unspecified atom stereocenters. The van der Waals surface area contributed by atoms with Gasteiger partial charge in [-0.2, -0.15) is 0 Å². The standard InChI is InChI=1S/C16H32N2/c1-2-7-14-18(13-6-1)15-12-17-11-10-16-8-4-3-5-9-16/h16-17H,1-15H2. The molecule has 0 aromatic heterocycles. The third kappa shape index (κ3) is 5.71. The molecule has 0 aromatic carbocycles. The molecule has 0 amide bonds. The second kappa shape index (κ2) is 8.92. The van der Waals surface area contributed by atoms with Crippen LogP contribution in [0.4, 0.5) is 0 Å². The van der Waals surface area contributed by atoms with Crippen molar-refractivity contribution in [1.29, 1.82) is 0 Å². The lowest BCUT2D eigenvalue weighted by Crippen LogP contribution is -2.33. The predicted octanol–water partition coefficient (Wildman–Crippen LogP) is 3.42. The molecular formula is C16H32N2. The molecule has 2 rings (SSSR count). The number of hydrogen-bond donors (Lipinski definition) is 1. The van der Waals surface area contributed by atoms with E-state index in [1.807, 2.05) is 0 Å². The Labute approximate surface area is 114 Å². The van der Waals surface area contributed by atoms with E-state index in [1.165, 1.54) is 96.9 Å². The van der Waals surface area contributed by atoms with Crippen molar-refractivity contribution < 1.29 is 0 Å². The zero-order valence-electron chi connectivity index (χ0n) is 12.1. The van der Waals surface area contributed by atoms with E-state index in [-0.39, 0.29) is 0 Å².